The molecule has 22 heavy (non-hydrogen) atoms. The number of nitrogens with zero attached hydrogens (tertiary/aromatic N) is 1. The van der Waals surface area contributed by atoms with Crippen LogP contribution in [-0.2, 0) is 20.4 Å². The van der Waals surface area contributed by atoms with Crippen LogP contribution in [-0.4, -0.2) is 42.6 Å². The second-order valence-corrected chi connectivity index (χ2v) is 9.57. The monoisotopic (exact) mass is 356 g/mol. The number of fused-ring (bicyclic) bond motifs is 1. The van der Waals surface area contributed by atoms with E-state index in [-0.39, 0.29) is 23.5 Å². The molecular weight excluding hydrogens is 340 g/mol. The molecule has 1 aliphatic rings. The number of carbonyl (C=O) groups excluding carboxylic acids is 1. The Labute approximate surface area is 137 Å². The number of amides is 1. The van der Waals surface area contributed by atoms with E-state index in [9.17, 15) is 13.2 Å². The number of hydrogen-bond acceptors (Lipinski definition) is 6. The SMILES string of the molecule is O=C(CSCc1nc2ccccc2s1)N[C@@H]1CCS(=O)(=O)C1. The lowest BCUT2D eigenvalue weighted by Gasteiger charge is -2.09. The van der Waals surface area contributed by atoms with Gasteiger partial charge in [-0.3, -0.25) is 4.79 Å². The number of rotatable bonds is 5. The van der Waals surface area contributed by atoms with Crippen molar-refractivity contribution in [2.24, 2.45) is 0 Å². The molecule has 0 radical (unpaired) electrons. The first-order valence-corrected chi connectivity index (χ1v) is 10.7. The van der Waals surface area contributed by atoms with Crippen LogP contribution in [0.25, 0.3) is 10.2 Å². The molecule has 1 N–H and O–H groups in total. The van der Waals surface area contributed by atoms with E-state index in [1.807, 2.05) is 24.3 Å². The maximum atomic E-state index is 11.8. The molecule has 1 amide bonds. The van der Waals surface area contributed by atoms with Gasteiger partial charge in [-0.2, -0.15) is 0 Å². The topological polar surface area (TPSA) is 76.1 Å². The minimum atomic E-state index is -2.95. The first-order valence-electron chi connectivity index (χ1n) is 6.94. The molecule has 8 heteroatoms. The third-order valence-electron chi connectivity index (χ3n) is 3.39. The standard InChI is InChI=1S/C14H16N2O3S3/c17-13(15-10-5-6-22(18,19)9-10)7-20-8-14-16-11-3-1-2-4-12(11)21-14/h1-4,10H,5-9H2,(H,15,17)/t10-/m1/s1. The molecule has 0 aliphatic carbocycles. The number of hydrogen-bond donors (Lipinski definition) is 1. The summed E-state index contributed by atoms with van der Waals surface area (Å²) < 4.78 is 23.8. The molecule has 2 aromatic rings. The molecule has 2 heterocycles. The van der Waals surface area contributed by atoms with Crippen LogP contribution in [0.4, 0.5) is 0 Å². The Kier molecular flexibility index (Phi) is 4.70. The number of para-hydroxylation sites is 1. The molecular formula is C14H16N2O3S3. The van der Waals surface area contributed by atoms with E-state index in [0.717, 1.165) is 15.2 Å². The normalized spacial score (nSPS) is 20.3. The van der Waals surface area contributed by atoms with Crippen LogP contribution in [0.1, 0.15) is 11.4 Å². The molecule has 1 fully saturated rings. The van der Waals surface area contributed by atoms with Gasteiger partial charge in [0.25, 0.3) is 0 Å². The summed E-state index contributed by atoms with van der Waals surface area (Å²) in [6.07, 6.45) is 0.524. The lowest BCUT2D eigenvalue weighted by atomic mass is 10.3. The molecule has 1 aromatic carbocycles. The van der Waals surface area contributed by atoms with Crippen molar-refractivity contribution in [2.75, 3.05) is 17.3 Å². The first kappa shape index (κ1) is 15.8. The quantitative estimate of drug-likeness (QED) is 0.884. The van der Waals surface area contributed by atoms with Gasteiger partial charge < -0.3 is 5.32 Å². The van der Waals surface area contributed by atoms with Crippen molar-refractivity contribution >= 4 is 49.1 Å². The fraction of sp³-hybridized carbons (Fsp3) is 0.429. The van der Waals surface area contributed by atoms with E-state index in [1.54, 1.807) is 11.3 Å². The Bertz CT molecular complexity index is 752. The van der Waals surface area contributed by atoms with Gasteiger partial charge in [0, 0.05) is 11.8 Å². The fourth-order valence-corrected chi connectivity index (χ4v) is 5.92. The maximum absolute atomic E-state index is 11.8. The molecule has 1 aliphatic heterocycles. The number of thiazole rings is 1. The third-order valence-corrected chi connectivity index (χ3v) is 7.33. The molecule has 1 aromatic heterocycles. The zero-order valence-electron chi connectivity index (χ0n) is 11.8. The fourth-order valence-electron chi connectivity index (χ4n) is 2.39. The second-order valence-electron chi connectivity index (χ2n) is 5.24. The summed E-state index contributed by atoms with van der Waals surface area (Å²) in [5, 5.41) is 3.79. The summed E-state index contributed by atoms with van der Waals surface area (Å²) in [6.45, 7) is 0. The highest BCUT2D eigenvalue weighted by atomic mass is 32.2. The van der Waals surface area contributed by atoms with Crippen LogP contribution < -0.4 is 5.32 Å². The van der Waals surface area contributed by atoms with Gasteiger partial charge in [0.15, 0.2) is 9.84 Å². The number of thioether (sulfide) groups is 1. The molecule has 118 valence electrons. The molecule has 0 unspecified atom stereocenters. The first-order chi connectivity index (χ1) is 10.5. The van der Waals surface area contributed by atoms with Crippen molar-refractivity contribution in [1.29, 1.82) is 0 Å². The van der Waals surface area contributed by atoms with Crippen LogP contribution in [0, 0.1) is 0 Å². The van der Waals surface area contributed by atoms with Gasteiger partial charge in [-0.25, -0.2) is 13.4 Å². The molecule has 0 bridgehead atoms. The highest BCUT2D eigenvalue weighted by Crippen LogP contribution is 2.24. The van der Waals surface area contributed by atoms with Gasteiger partial charge in [-0.05, 0) is 18.6 Å². The summed E-state index contributed by atoms with van der Waals surface area (Å²) in [5.41, 5.74) is 0.990. The molecule has 1 saturated heterocycles. The molecule has 1 atom stereocenters. The van der Waals surface area contributed by atoms with Gasteiger partial charge >= 0.3 is 0 Å². The van der Waals surface area contributed by atoms with E-state index in [4.69, 9.17) is 0 Å². The van der Waals surface area contributed by atoms with Gasteiger partial charge in [0.2, 0.25) is 5.91 Å². The Morgan fingerprint density at radius 2 is 2.23 bits per heavy atom. The van der Waals surface area contributed by atoms with Crippen LogP contribution in [0.2, 0.25) is 0 Å². The lowest BCUT2D eigenvalue weighted by molar-refractivity contribution is -0.119. The zero-order chi connectivity index (χ0) is 15.6. The van der Waals surface area contributed by atoms with Crippen LogP contribution in [0.5, 0.6) is 0 Å². The van der Waals surface area contributed by atoms with Crippen molar-refractivity contribution in [3.05, 3.63) is 29.3 Å². The molecule has 3 rings (SSSR count). The molecule has 5 nitrogen and oxygen atoms in total. The van der Waals surface area contributed by atoms with Crippen LogP contribution in [0.3, 0.4) is 0 Å². The Morgan fingerprint density at radius 1 is 1.41 bits per heavy atom. The second kappa shape index (κ2) is 6.55. The van der Waals surface area contributed by atoms with Crippen LogP contribution in [0.15, 0.2) is 24.3 Å². The summed E-state index contributed by atoms with van der Waals surface area (Å²) >= 11 is 3.14. The Balaban J connectivity index is 1.45. The van der Waals surface area contributed by atoms with E-state index in [2.05, 4.69) is 10.3 Å². The number of aromatic nitrogens is 1. The smallest absolute Gasteiger partial charge is 0.230 e. The predicted molar refractivity (Wildman–Crippen MR) is 91.0 cm³/mol. The lowest BCUT2D eigenvalue weighted by Crippen LogP contribution is -2.36. The van der Waals surface area contributed by atoms with E-state index < -0.39 is 9.84 Å². The van der Waals surface area contributed by atoms with Crippen LogP contribution >= 0.6 is 23.1 Å². The van der Waals surface area contributed by atoms with Gasteiger partial charge in [-0.15, -0.1) is 23.1 Å². The average Bonchev–Trinajstić information content (AvgIpc) is 3.01. The minimum absolute atomic E-state index is 0.0707. The number of carbonyl (C=O) groups is 1. The highest BCUT2D eigenvalue weighted by molar-refractivity contribution is 7.99. The predicted octanol–water partition coefficient (Wildman–Crippen LogP) is 1.83. The number of benzene rings is 1. The van der Waals surface area contributed by atoms with Crippen molar-refractivity contribution in [2.45, 2.75) is 18.2 Å². The van der Waals surface area contributed by atoms with Gasteiger partial charge in [0.1, 0.15) is 5.01 Å². The molecule has 0 spiro atoms. The van der Waals surface area contributed by atoms with E-state index in [0.29, 0.717) is 17.9 Å². The zero-order valence-corrected chi connectivity index (χ0v) is 14.3. The Morgan fingerprint density at radius 3 is 2.95 bits per heavy atom. The molecule has 0 saturated carbocycles. The summed E-state index contributed by atoms with van der Waals surface area (Å²) in [7, 11) is -2.95. The summed E-state index contributed by atoms with van der Waals surface area (Å²) in [4.78, 5) is 16.3. The Hall–Kier alpha value is -1.12. The van der Waals surface area contributed by atoms with Crippen molar-refractivity contribution in [1.82, 2.24) is 10.3 Å². The van der Waals surface area contributed by atoms with Crippen molar-refractivity contribution < 1.29 is 13.2 Å². The summed E-state index contributed by atoms with van der Waals surface area (Å²) in [6, 6.07) is 7.74. The summed E-state index contributed by atoms with van der Waals surface area (Å²) in [5.74, 6) is 1.16. The number of nitrogens with one attached hydrogen (secondary N) is 1. The van der Waals surface area contributed by atoms with Crippen molar-refractivity contribution in [3.8, 4) is 0 Å². The largest absolute Gasteiger partial charge is 0.352 e. The van der Waals surface area contributed by atoms with E-state index in [1.165, 1.54) is 11.8 Å². The third kappa shape index (κ3) is 3.99. The van der Waals surface area contributed by atoms with Crippen molar-refractivity contribution in [3.63, 3.8) is 0 Å². The van der Waals surface area contributed by atoms with Gasteiger partial charge in [0.05, 0.1) is 27.5 Å². The van der Waals surface area contributed by atoms with Gasteiger partial charge in [-0.1, -0.05) is 12.1 Å². The number of sulfone groups is 1. The minimum Gasteiger partial charge on any atom is -0.352 e. The van der Waals surface area contributed by atoms with E-state index >= 15 is 0 Å². The average molecular weight is 356 g/mol. The maximum Gasteiger partial charge on any atom is 0.230 e. The highest BCUT2D eigenvalue weighted by Gasteiger charge is 2.28.